The summed E-state index contributed by atoms with van der Waals surface area (Å²) >= 11 is 0. The van der Waals surface area contributed by atoms with E-state index in [1.807, 2.05) is 30.3 Å². The van der Waals surface area contributed by atoms with Crippen molar-refractivity contribution in [1.82, 2.24) is 4.90 Å². The van der Waals surface area contributed by atoms with Crippen molar-refractivity contribution < 1.29 is 9.84 Å². The number of aliphatic hydroxyl groups excluding tert-OH is 1. The van der Waals surface area contributed by atoms with Gasteiger partial charge in [0.1, 0.15) is 0 Å². The van der Waals surface area contributed by atoms with Crippen molar-refractivity contribution in [1.29, 1.82) is 0 Å². The van der Waals surface area contributed by atoms with Gasteiger partial charge >= 0.3 is 0 Å². The molecule has 0 aromatic heterocycles. The average molecular weight is 356 g/mol. The molecule has 3 heteroatoms. The Kier molecular flexibility index (Phi) is 8.82. The first-order valence-electron chi connectivity index (χ1n) is 9.60. The van der Waals surface area contributed by atoms with Crippen LogP contribution in [0.4, 0.5) is 0 Å². The highest BCUT2D eigenvalue weighted by atomic mass is 16.5. The number of benzene rings is 2. The molecule has 2 aromatic rings. The molecular weight excluding hydrogens is 322 g/mol. The van der Waals surface area contributed by atoms with E-state index in [4.69, 9.17) is 4.74 Å². The third kappa shape index (κ3) is 8.13. The second kappa shape index (κ2) is 11.1. The van der Waals surface area contributed by atoms with Gasteiger partial charge in [-0.15, -0.1) is 0 Å². The number of rotatable bonds is 11. The van der Waals surface area contributed by atoms with Gasteiger partial charge in [-0.2, -0.15) is 0 Å². The molecule has 0 bridgehead atoms. The fraction of sp³-hybridized carbons (Fsp3) is 0.478. The maximum Gasteiger partial charge on any atom is 0.0900 e. The zero-order valence-electron chi connectivity index (χ0n) is 16.4. The molecule has 0 unspecified atom stereocenters. The van der Waals surface area contributed by atoms with Crippen molar-refractivity contribution in [3.63, 3.8) is 0 Å². The second-order valence-corrected chi connectivity index (χ2v) is 7.56. The Labute approximate surface area is 158 Å². The highest BCUT2D eigenvalue weighted by Gasteiger charge is 2.13. The lowest BCUT2D eigenvalue weighted by Crippen LogP contribution is -2.35. The fourth-order valence-electron chi connectivity index (χ4n) is 2.98. The van der Waals surface area contributed by atoms with Gasteiger partial charge in [0, 0.05) is 13.1 Å². The van der Waals surface area contributed by atoms with Crippen molar-refractivity contribution in [3.8, 4) is 0 Å². The van der Waals surface area contributed by atoms with Gasteiger partial charge in [0.2, 0.25) is 0 Å². The van der Waals surface area contributed by atoms with Gasteiger partial charge < -0.3 is 9.84 Å². The van der Waals surface area contributed by atoms with Crippen LogP contribution in [0.25, 0.3) is 0 Å². The first-order valence-corrected chi connectivity index (χ1v) is 9.60. The van der Waals surface area contributed by atoms with E-state index in [0.29, 0.717) is 25.7 Å². The fourth-order valence-corrected chi connectivity index (χ4v) is 2.98. The third-order valence-electron chi connectivity index (χ3n) is 4.40. The summed E-state index contributed by atoms with van der Waals surface area (Å²) in [6.45, 7) is 9.99. The molecule has 26 heavy (non-hydrogen) atoms. The van der Waals surface area contributed by atoms with Gasteiger partial charge in [-0.1, -0.05) is 74.0 Å². The van der Waals surface area contributed by atoms with Crippen molar-refractivity contribution in [2.24, 2.45) is 5.92 Å². The molecule has 0 fully saturated rings. The topological polar surface area (TPSA) is 32.7 Å². The van der Waals surface area contributed by atoms with Crippen LogP contribution in [0.15, 0.2) is 54.6 Å². The Bertz CT molecular complexity index is 627. The normalized spacial score (nSPS) is 12.7. The van der Waals surface area contributed by atoms with Crippen LogP contribution >= 0.6 is 0 Å². The molecule has 0 aliphatic heterocycles. The lowest BCUT2D eigenvalue weighted by atomic mass is 10.1. The predicted octanol–water partition coefficient (Wildman–Crippen LogP) is 4.42. The smallest absolute Gasteiger partial charge is 0.0900 e. The zero-order chi connectivity index (χ0) is 18.8. The quantitative estimate of drug-likeness (QED) is 0.648. The molecule has 0 saturated carbocycles. The second-order valence-electron chi connectivity index (χ2n) is 7.56. The van der Waals surface area contributed by atoms with Crippen molar-refractivity contribution >= 4 is 0 Å². The van der Waals surface area contributed by atoms with Gasteiger partial charge in [-0.25, -0.2) is 0 Å². The highest BCUT2D eigenvalue weighted by Crippen LogP contribution is 2.11. The van der Waals surface area contributed by atoms with Crippen molar-refractivity contribution in [3.05, 3.63) is 71.3 Å². The average Bonchev–Trinajstić information content (AvgIpc) is 2.60. The van der Waals surface area contributed by atoms with Crippen LogP contribution in [0.3, 0.4) is 0 Å². The molecule has 0 aliphatic carbocycles. The van der Waals surface area contributed by atoms with Crippen molar-refractivity contribution in [2.75, 3.05) is 19.7 Å². The number of aliphatic hydroxyl groups is 1. The van der Waals surface area contributed by atoms with E-state index in [-0.39, 0.29) is 0 Å². The van der Waals surface area contributed by atoms with E-state index in [9.17, 15) is 5.11 Å². The van der Waals surface area contributed by atoms with Crippen molar-refractivity contribution in [2.45, 2.75) is 46.4 Å². The summed E-state index contributed by atoms with van der Waals surface area (Å²) < 4.78 is 5.70. The Balaban J connectivity index is 1.83. The van der Waals surface area contributed by atoms with E-state index in [1.54, 1.807) is 0 Å². The SMILES string of the molecule is Cc1cccc(CN(CCC(C)C)C[C@@H](O)COCc2ccccc2)c1. The Morgan fingerprint density at radius 1 is 1.00 bits per heavy atom. The molecule has 2 aromatic carbocycles. The first-order chi connectivity index (χ1) is 12.5. The van der Waals surface area contributed by atoms with E-state index >= 15 is 0 Å². The molecule has 0 aliphatic rings. The summed E-state index contributed by atoms with van der Waals surface area (Å²) in [6, 6.07) is 18.7. The van der Waals surface area contributed by atoms with Gasteiger partial charge in [0.05, 0.1) is 19.3 Å². The predicted molar refractivity (Wildman–Crippen MR) is 108 cm³/mol. The van der Waals surface area contributed by atoms with Crippen LogP contribution < -0.4 is 0 Å². The summed E-state index contributed by atoms with van der Waals surface area (Å²) in [6.07, 6.45) is 0.652. The van der Waals surface area contributed by atoms with Crippen LogP contribution in [0, 0.1) is 12.8 Å². The molecule has 2 rings (SSSR count). The Morgan fingerprint density at radius 2 is 1.73 bits per heavy atom. The number of ether oxygens (including phenoxy) is 1. The summed E-state index contributed by atoms with van der Waals surface area (Å²) in [7, 11) is 0. The molecule has 0 heterocycles. The minimum atomic E-state index is -0.476. The van der Waals surface area contributed by atoms with Crippen LogP contribution in [0.2, 0.25) is 0 Å². The lowest BCUT2D eigenvalue weighted by Gasteiger charge is -2.26. The van der Waals surface area contributed by atoms with E-state index in [2.05, 4.69) is 49.9 Å². The minimum absolute atomic E-state index is 0.362. The Morgan fingerprint density at radius 3 is 2.42 bits per heavy atom. The molecule has 1 N–H and O–H groups in total. The maximum absolute atomic E-state index is 10.4. The maximum atomic E-state index is 10.4. The molecule has 3 nitrogen and oxygen atoms in total. The zero-order valence-corrected chi connectivity index (χ0v) is 16.4. The van der Waals surface area contributed by atoms with Gasteiger partial charge in [0.25, 0.3) is 0 Å². The minimum Gasteiger partial charge on any atom is -0.389 e. The van der Waals surface area contributed by atoms with E-state index in [1.165, 1.54) is 11.1 Å². The summed E-state index contributed by atoms with van der Waals surface area (Å²) in [4.78, 5) is 2.34. The van der Waals surface area contributed by atoms with Crippen LogP contribution in [-0.2, 0) is 17.9 Å². The first kappa shape index (κ1) is 20.6. The van der Waals surface area contributed by atoms with E-state index < -0.39 is 6.10 Å². The van der Waals surface area contributed by atoms with Crippen LogP contribution in [0.5, 0.6) is 0 Å². The summed E-state index contributed by atoms with van der Waals surface area (Å²) in [5.41, 5.74) is 3.71. The van der Waals surface area contributed by atoms with Gasteiger partial charge in [-0.3, -0.25) is 4.90 Å². The third-order valence-corrected chi connectivity index (χ3v) is 4.40. The lowest BCUT2D eigenvalue weighted by molar-refractivity contribution is 0.00789. The van der Waals surface area contributed by atoms with Crippen LogP contribution in [-0.4, -0.2) is 35.8 Å². The molecular formula is C23H33NO2. The van der Waals surface area contributed by atoms with Gasteiger partial charge in [0.15, 0.2) is 0 Å². The highest BCUT2D eigenvalue weighted by molar-refractivity contribution is 5.22. The Hall–Kier alpha value is -1.68. The number of hydrogen-bond donors (Lipinski definition) is 1. The molecule has 0 spiro atoms. The molecule has 142 valence electrons. The van der Waals surface area contributed by atoms with Gasteiger partial charge in [-0.05, 0) is 36.9 Å². The number of aryl methyl sites for hydroxylation is 1. The number of hydrogen-bond acceptors (Lipinski definition) is 3. The number of nitrogens with zero attached hydrogens (tertiary/aromatic N) is 1. The summed E-state index contributed by atoms with van der Waals surface area (Å²) in [5, 5.41) is 10.4. The molecule has 0 saturated heterocycles. The van der Waals surface area contributed by atoms with E-state index in [0.717, 1.165) is 25.1 Å². The molecule has 0 radical (unpaired) electrons. The standard InChI is InChI=1S/C23H33NO2/c1-19(2)12-13-24(15-22-11-7-8-20(3)14-22)16-23(25)18-26-17-21-9-5-4-6-10-21/h4-11,14,19,23,25H,12-13,15-18H2,1-3H3/t23-/m1/s1. The largest absolute Gasteiger partial charge is 0.389 e. The summed E-state index contributed by atoms with van der Waals surface area (Å²) in [5.74, 6) is 0.654. The monoisotopic (exact) mass is 355 g/mol. The van der Waals surface area contributed by atoms with Crippen LogP contribution in [0.1, 0.15) is 37.0 Å². The molecule has 1 atom stereocenters. The molecule has 0 amide bonds.